The van der Waals surface area contributed by atoms with Crippen molar-refractivity contribution >= 4 is 27.5 Å². The number of tetrazole rings is 1. The summed E-state index contributed by atoms with van der Waals surface area (Å²) in [4.78, 5) is 25.1. The van der Waals surface area contributed by atoms with E-state index in [4.69, 9.17) is 4.74 Å². The molecule has 2 amide bonds. The van der Waals surface area contributed by atoms with E-state index in [1.54, 1.807) is 31.2 Å². The van der Waals surface area contributed by atoms with Gasteiger partial charge in [-0.15, -0.1) is 5.10 Å². The van der Waals surface area contributed by atoms with Gasteiger partial charge in [0, 0.05) is 11.9 Å². The molecule has 180 valence electrons. The van der Waals surface area contributed by atoms with E-state index < -0.39 is 33.7 Å². The fraction of sp³-hybridized carbons (Fsp3) is 0.286. The number of ether oxygens (including phenoxy) is 1. The smallest absolute Gasteiger partial charge is 0.408 e. The molecule has 0 aliphatic heterocycles. The first-order chi connectivity index (χ1) is 16.1. The Morgan fingerprint density at radius 3 is 2.56 bits per heavy atom. The van der Waals surface area contributed by atoms with Gasteiger partial charge in [0.15, 0.2) is 5.82 Å². The van der Waals surface area contributed by atoms with Crippen molar-refractivity contribution in [2.75, 3.05) is 17.3 Å². The highest BCUT2D eigenvalue weighted by molar-refractivity contribution is 7.90. The highest BCUT2D eigenvalue weighted by Crippen LogP contribution is 2.19. The number of carbonyl (C=O) groups is 2. The van der Waals surface area contributed by atoms with E-state index in [9.17, 15) is 22.4 Å². The van der Waals surface area contributed by atoms with Crippen molar-refractivity contribution in [1.82, 2.24) is 25.5 Å². The summed E-state index contributed by atoms with van der Waals surface area (Å²) in [6, 6.07) is 11.4. The lowest BCUT2D eigenvalue weighted by molar-refractivity contribution is -0.118. The molecule has 0 bridgehead atoms. The second kappa shape index (κ2) is 10.8. The van der Waals surface area contributed by atoms with Crippen molar-refractivity contribution in [3.8, 4) is 5.69 Å². The van der Waals surface area contributed by atoms with E-state index in [1.807, 2.05) is 6.07 Å². The summed E-state index contributed by atoms with van der Waals surface area (Å²) < 4.78 is 43.8. The molecule has 1 aromatic heterocycles. The molecule has 1 unspecified atom stereocenters. The van der Waals surface area contributed by atoms with Crippen LogP contribution in [0.1, 0.15) is 17.8 Å². The van der Waals surface area contributed by atoms with Crippen molar-refractivity contribution in [3.63, 3.8) is 0 Å². The van der Waals surface area contributed by atoms with Crippen LogP contribution in [0.15, 0.2) is 48.5 Å². The number of carbonyl (C=O) groups excluding carboxylic acids is 2. The largest absolute Gasteiger partial charge is 0.445 e. The SMILES string of the molecule is Cc1nnnn1-c1cc(NC(=O)C(CCS(C)(=O)=O)NC(=O)OCc2ccccc2)ccc1F. The van der Waals surface area contributed by atoms with Gasteiger partial charge in [0.2, 0.25) is 5.91 Å². The van der Waals surface area contributed by atoms with Crippen LogP contribution in [0.3, 0.4) is 0 Å². The van der Waals surface area contributed by atoms with Gasteiger partial charge < -0.3 is 15.4 Å². The van der Waals surface area contributed by atoms with Gasteiger partial charge in [-0.05, 0) is 47.5 Å². The molecular formula is C21H23FN6O5S. The van der Waals surface area contributed by atoms with E-state index in [2.05, 4.69) is 26.2 Å². The molecule has 3 aromatic rings. The molecule has 3 rings (SSSR count). The first-order valence-electron chi connectivity index (χ1n) is 10.1. The Kier molecular flexibility index (Phi) is 7.89. The van der Waals surface area contributed by atoms with E-state index in [0.717, 1.165) is 22.6 Å². The summed E-state index contributed by atoms with van der Waals surface area (Å²) in [5.74, 6) is -1.34. The van der Waals surface area contributed by atoms with Gasteiger partial charge in [-0.1, -0.05) is 30.3 Å². The summed E-state index contributed by atoms with van der Waals surface area (Å²) >= 11 is 0. The van der Waals surface area contributed by atoms with Crippen molar-refractivity contribution in [1.29, 1.82) is 0 Å². The molecule has 1 heterocycles. The number of halogens is 1. The van der Waals surface area contributed by atoms with Gasteiger partial charge in [-0.2, -0.15) is 4.68 Å². The van der Waals surface area contributed by atoms with Crippen LogP contribution in [0, 0.1) is 12.7 Å². The predicted molar refractivity (Wildman–Crippen MR) is 120 cm³/mol. The first-order valence-corrected chi connectivity index (χ1v) is 12.2. The minimum Gasteiger partial charge on any atom is -0.445 e. The molecule has 0 aliphatic rings. The molecule has 1 atom stereocenters. The van der Waals surface area contributed by atoms with Crippen LogP contribution in [-0.4, -0.2) is 58.7 Å². The Labute approximate surface area is 195 Å². The molecule has 0 aliphatic carbocycles. The molecule has 0 saturated heterocycles. The topological polar surface area (TPSA) is 145 Å². The molecule has 2 N–H and O–H groups in total. The van der Waals surface area contributed by atoms with Crippen molar-refractivity contribution < 1.29 is 27.1 Å². The van der Waals surface area contributed by atoms with Gasteiger partial charge in [-0.25, -0.2) is 17.6 Å². The second-order valence-corrected chi connectivity index (χ2v) is 9.73. The van der Waals surface area contributed by atoms with Crippen molar-refractivity contribution in [2.45, 2.75) is 26.0 Å². The summed E-state index contributed by atoms with van der Waals surface area (Å²) in [5.41, 5.74) is 0.940. The second-order valence-electron chi connectivity index (χ2n) is 7.47. The van der Waals surface area contributed by atoms with Crippen LogP contribution >= 0.6 is 0 Å². The van der Waals surface area contributed by atoms with Gasteiger partial charge in [0.1, 0.15) is 34.0 Å². The molecule has 11 nitrogen and oxygen atoms in total. The van der Waals surface area contributed by atoms with Gasteiger partial charge in [0.05, 0.1) is 5.75 Å². The summed E-state index contributed by atoms with van der Waals surface area (Å²) in [5, 5.41) is 15.8. The third kappa shape index (κ3) is 7.07. The minimum atomic E-state index is -3.41. The van der Waals surface area contributed by atoms with Crippen LogP contribution in [0.5, 0.6) is 0 Å². The molecule has 2 aromatic carbocycles. The number of rotatable bonds is 9. The maximum absolute atomic E-state index is 14.3. The summed E-state index contributed by atoms with van der Waals surface area (Å²) in [7, 11) is -3.41. The van der Waals surface area contributed by atoms with Crippen molar-refractivity contribution in [2.24, 2.45) is 0 Å². The number of amides is 2. The van der Waals surface area contributed by atoms with Gasteiger partial charge in [-0.3, -0.25) is 4.79 Å². The Morgan fingerprint density at radius 1 is 1.18 bits per heavy atom. The number of alkyl carbamates (subject to hydrolysis) is 1. The monoisotopic (exact) mass is 490 g/mol. The standard InChI is InChI=1S/C21H23FN6O5S/c1-14-25-26-27-28(14)19-12-16(8-9-17(19)22)23-20(29)18(10-11-34(2,31)32)24-21(30)33-13-15-6-4-3-5-7-15/h3-9,12,18H,10-11,13H2,1-2H3,(H,23,29)(H,24,30). The van der Waals surface area contributed by atoms with Gasteiger partial charge in [0.25, 0.3) is 0 Å². The number of hydrogen-bond donors (Lipinski definition) is 2. The number of benzene rings is 2. The van der Waals surface area contributed by atoms with E-state index >= 15 is 0 Å². The highest BCUT2D eigenvalue weighted by atomic mass is 32.2. The lowest BCUT2D eigenvalue weighted by Gasteiger charge is -2.18. The number of hydrogen-bond acceptors (Lipinski definition) is 8. The molecular weight excluding hydrogens is 467 g/mol. The number of sulfone groups is 1. The molecule has 0 radical (unpaired) electrons. The lowest BCUT2D eigenvalue weighted by atomic mass is 10.2. The first kappa shape index (κ1) is 24.8. The summed E-state index contributed by atoms with van der Waals surface area (Å²) in [6.45, 7) is 1.55. The Bertz CT molecular complexity index is 1270. The van der Waals surface area contributed by atoms with E-state index in [0.29, 0.717) is 5.82 Å². The molecule has 0 fully saturated rings. The van der Waals surface area contributed by atoms with Crippen molar-refractivity contribution in [3.05, 3.63) is 65.7 Å². The Hall–Kier alpha value is -3.87. The zero-order valence-corrected chi connectivity index (χ0v) is 19.3. The minimum absolute atomic E-state index is 0.00298. The molecule has 13 heteroatoms. The predicted octanol–water partition coefficient (Wildman–Crippen LogP) is 1.78. The maximum atomic E-state index is 14.3. The number of anilines is 1. The third-order valence-corrected chi connectivity index (χ3v) is 5.64. The fourth-order valence-electron chi connectivity index (χ4n) is 2.94. The number of aryl methyl sites for hydroxylation is 1. The van der Waals surface area contributed by atoms with E-state index in [-0.39, 0.29) is 30.2 Å². The van der Waals surface area contributed by atoms with Crippen LogP contribution in [0.2, 0.25) is 0 Å². The Balaban J connectivity index is 1.72. The molecule has 0 saturated carbocycles. The zero-order valence-electron chi connectivity index (χ0n) is 18.4. The van der Waals surface area contributed by atoms with Crippen LogP contribution < -0.4 is 10.6 Å². The maximum Gasteiger partial charge on any atom is 0.408 e. The average molecular weight is 491 g/mol. The Morgan fingerprint density at radius 2 is 1.91 bits per heavy atom. The summed E-state index contributed by atoms with van der Waals surface area (Å²) in [6.07, 6.45) is -0.0524. The van der Waals surface area contributed by atoms with Crippen LogP contribution in [0.4, 0.5) is 14.9 Å². The fourth-order valence-corrected chi connectivity index (χ4v) is 3.61. The number of nitrogens with one attached hydrogen (secondary N) is 2. The average Bonchev–Trinajstić information content (AvgIpc) is 3.22. The molecule has 34 heavy (non-hydrogen) atoms. The number of aromatic nitrogens is 4. The van der Waals surface area contributed by atoms with Crippen LogP contribution in [-0.2, 0) is 26.0 Å². The van der Waals surface area contributed by atoms with E-state index in [1.165, 1.54) is 12.1 Å². The highest BCUT2D eigenvalue weighted by Gasteiger charge is 2.24. The van der Waals surface area contributed by atoms with Crippen LogP contribution in [0.25, 0.3) is 5.69 Å². The normalized spacial score (nSPS) is 12.1. The molecule has 0 spiro atoms. The van der Waals surface area contributed by atoms with Gasteiger partial charge >= 0.3 is 6.09 Å². The third-order valence-electron chi connectivity index (χ3n) is 4.67. The zero-order chi connectivity index (χ0) is 24.7. The number of nitrogens with zero attached hydrogens (tertiary/aromatic N) is 4. The quantitative estimate of drug-likeness (QED) is 0.462. The lowest BCUT2D eigenvalue weighted by Crippen LogP contribution is -2.45.